The lowest BCUT2D eigenvalue weighted by molar-refractivity contribution is -0.124. The molecule has 0 bridgehead atoms. The van der Waals surface area contributed by atoms with E-state index in [-0.39, 0.29) is 36.4 Å². The molecule has 0 spiro atoms. The number of amides is 2. The van der Waals surface area contributed by atoms with Crippen LogP contribution in [0.25, 0.3) is 0 Å². The van der Waals surface area contributed by atoms with E-state index in [2.05, 4.69) is 10.6 Å². The number of anilines is 1. The molecule has 1 saturated heterocycles. The molecule has 1 aromatic rings. The number of nitrogens with zero attached hydrogens (tertiary/aromatic N) is 1. The first-order valence-electron chi connectivity index (χ1n) is 7.82. The molecule has 0 unspecified atom stereocenters. The van der Waals surface area contributed by atoms with Gasteiger partial charge in [0.2, 0.25) is 11.8 Å². The van der Waals surface area contributed by atoms with Gasteiger partial charge >= 0.3 is 0 Å². The van der Waals surface area contributed by atoms with Crippen LogP contribution in [0.4, 0.5) is 10.1 Å². The quantitative estimate of drug-likeness (QED) is 0.754. The Morgan fingerprint density at radius 3 is 2.36 bits per heavy atom. The Morgan fingerprint density at radius 1 is 1.20 bits per heavy atom. The molecule has 0 aromatic heterocycles. The average molecular weight is 371 g/mol. The molecule has 2 N–H and O–H groups in total. The van der Waals surface area contributed by atoms with Gasteiger partial charge in [-0.15, -0.1) is 0 Å². The minimum absolute atomic E-state index is 0.0280. The normalized spacial score (nSPS) is 21.9. The number of hydrogen-bond acceptors (Lipinski definition) is 5. The molecule has 1 atom stereocenters. The highest BCUT2D eigenvalue weighted by molar-refractivity contribution is 7.91. The van der Waals surface area contributed by atoms with E-state index in [1.165, 1.54) is 29.2 Å². The maximum atomic E-state index is 12.8. The van der Waals surface area contributed by atoms with E-state index in [4.69, 9.17) is 0 Å². The maximum Gasteiger partial charge on any atom is 0.238 e. The first-order valence-corrected chi connectivity index (χ1v) is 9.64. The zero-order chi connectivity index (χ0) is 18.7. The molecule has 0 radical (unpaired) electrons. The molecular formula is C16H22FN3O4S. The predicted molar refractivity (Wildman–Crippen MR) is 92.3 cm³/mol. The van der Waals surface area contributed by atoms with Crippen LogP contribution in [0, 0.1) is 5.82 Å². The highest BCUT2D eigenvalue weighted by Crippen LogP contribution is 2.22. The third kappa shape index (κ3) is 6.09. The van der Waals surface area contributed by atoms with Gasteiger partial charge in [0.1, 0.15) is 5.82 Å². The van der Waals surface area contributed by atoms with Gasteiger partial charge in [-0.2, -0.15) is 0 Å². The van der Waals surface area contributed by atoms with Crippen LogP contribution < -0.4 is 10.6 Å². The van der Waals surface area contributed by atoms with Crippen LogP contribution in [-0.2, 0) is 19.4 Å². The minimum atomic E-state index is -3.10. The van der Waals surface area contributed by atoms with Crippen molar-refractivity contribution in [2.45, 2.75) is 18.9 Å². The lowest BCUT2D eigenvalue weighted by Gasteiger charge is -2.25. The number of hydrogen-bond donors (Lipinski definition) is 2. The van der Waals surface area contributed by atoms with Gasteiger partial charge in [-0.25, -0.2) is 12.8 Å². The van der Waals surface area contributed by atoms with Crippen molar-refractivity contribution < 1.29 is 22.4 Å². The van der Waals surface area contributed by atoms with Gasteiger partial charge < -0.3 is 10.6 Å². The maximum absolute atomic E-state index is 12.8. The fourth-order valence-electron chi connectivity index (χ4n) is 2.77. The molecule has 2 rings (SSSR count). The number of sulfone groups is 1. The third-order valence-corrected chi connectivity index (χ3v) is 5.80. The zero-order valence-electron chi connectivity index (χ0n) is 14.2. The van der Waals surface area contributed by atoms with E-state index >= 15 is 0 Å². The fraction of sp³-hybridized carbons (Fsp3) is 0.500. The Kier molecular flexibility index (Phi) is 5.79. The predicted octanol–water partition coefficient (Wildman–Crippen LogP) is 0.389. The van der Waals surface area contributed by atoms with Crippen LogP contribution in [0.1, 0.15) is 13.3 Å². The van der Waals surface area contributed by atoms with Crippen LogP contribution in [0.2, 0.25) is 0 Å². The van der Waals surface area contributed by atoms with Crippen molar-refractivity contribution in [1.29, 1.82) is 0 Å². The van der Waals surface area contributed by atoms with Gasteiger partial charge in [-0.05, 0) is 44.7 Å². The molecule has 9 heteroatoms. The monoisotopic (exact) mass is 371 g/mol. The van der Waals surface area contributed by atoms with Crippen LogP contribution in [0.5, 0.6) is 0 Å². The number of benzene rings is 1. The molecule has 1 aliphatic rings. The van der Waals surface area contributed by atoms with E-state index in [1.54, 1.807) is 14.0 Å². The number of likely N-dealkylation sites (N-methyl/N-ethyl adjacent to an activating group) is 1. The second-order valence-corrected chi connectivity index (χ2v) is 8.86. The van der Waals surface area contributed by atoms with Crippen LogP contribution in [0.3, 0.4) is 0 Å². The van der Waals surface area contributed by atoms with Crippen molar-refractivity contribution in [2.75, 3.05) is 37.0 Å². The average Bonchev–Trinajstić information content (AvgIpc) is 2.74. The Bertz CT molecular complexity index is 751. The van der Waals surface area contributed by atoms with Gasteiger partial charge in [0.15, 0.2) is 9.84 Å². The Labute approximate surface area is 146 Å². The summed E-state index contributed by atoms with van der Waals surface area (Å²) in [5.74, 6) is -1.07. The van der Waals surface area contributed by atoms with Crippen molar-refractivity contribution in [2.24, 2.45) is 0 Å². The van der Waals surface area contributed by atoms with Crippen molar-refractivity contribution in [3.8, 4) is 0 Å². The van der Waals surface area contributed by atoms with Crippen molar-refractivity contribution in [1.82, 2.24) is 10.2 Å². The molecule has 1 aliphatic heterocycles. The number of nitrogens with one attached hydrogen (secondary N) is 2. The molecular weight excluding hydrogens is 349 g/mol. The fourth-order valence-corrected chi connectivity index (χ4v) is 4.86. The molecule has 2 amide bonds. The first kappa shape index (κ1) is 19.3. The summed E-state index contributed by atoms with van der Waals surface area (Å²) in [7, 11) is -1.50. The summed E-state index contributed by atoms with van der Waals surface area (Å²) in [6, 6.07) is 5.37. The Hall–Kier alpha value is -2.00. The molecule has 7 nitrogen and oxygen atoms in total. The minimum Gasteiger partial charge on any atom is -0.349 e. The van der Waals surface area contributed by atoms with Gasteiger partial charge in [-0.3, -0.25) is 14.5 Å². The number of carbonyl (C=O) groups excluding carboxylic acids is 2. The summed E-state index contributed by atoms with van der Waals surface area (Å²) >= 11 is 0. The molecule has 1 fully saturated rings. The summed E-state index contributed by atoms with van der Waals surface area (Å²) in [4.78, 5) is 25.5. The highest BCUT2D eigenvalue weighted by Gasteiger charge is 2.39. The molecule has 1 heterocycles. The molecule has 25 heavy (non-hydrogen) atoms. The van der Waals surface area contributed by atoms with Crippen molar-refractivity contribution in [3.63, 3.8) is 0 Å². The van der Waals surface area contributed by atoms with Crippen LogP contribution >= 0.6 is 0 Å². The zero-order valence-corrected chi connectivity index (χ0v) is 15.0. The van der Waals surface area contributed by atoms with Gasteiger partial charge in [0.05, 0.1) is 30.1 Å². The van der Waals surface area contributed by atoms with Gasteiger partial charge in [-0.1, -0.05) is 0 Å². The summed E-state index contributed by atoms with van der Waals surface area (Å²) in [5.41, 5.74) is -0.291. The number of halogens is 1. The summed E-state index contributed by atoms with van der Waals surface area (Å²) < 4.78 is 35.9. The molecule has 0 aliphatic carbocycles. The second kappa shape index (κ2) is 7.49. The SMILES string of the molecule is CN(CC(=O)Nc1ccc(F)cc1)CC(=O)N[C@]1(C)CCS(=O)(=O)C1. The smallest absolute Gasteiger partial charge is 0.238 e. The Morgan fingerprint density at radius 2 is 1.80 bits per heavy atom. The number of carbonyl (C=O) groups is 2. The van der Waals surface area contributed by atoms with Gasteiger partial charge in [0, 0.05) is 5.69 Å². The Balaban J connectivity index is 1.79. The number of rotatable bonds is 6. The molecule has 1 aromatic carbocycles. The summed E-state index contributed by atoms with van der Waals surface area (Å²) in [6.07, 6.45) is 0.385. The van der Waals surface area contributed by atoms with E-state index in [0.717, 1.165) is 0 Å². The molecule has 138 valence electrons. The largest absolute Gasteiger partial charge is 0.349 e. The van der Waals surface area contributed by atoms with Crippen molar-refractivity contribution >= 4 is 27.3 Å². The highest BCUT2D eigenvalue weighted by atomic mass is 32.2. The van der Waals surface area contributed by atoms with Crippen LogP contribution in [0.15, 0.2) is 24.3 Å². The second-order valence-electron chi connectivity index (χ2n) is 6.68. The third-order valence-electron chi connectivity index (χ3n) is 3.90. The first-order chi connectivity index (χ1) is 11.6. The lowest BCUT2D eigenvalue weighted by Crippen LogP contribution is -2.50. The van der Waals surface area contributed by atoms with E-state index in [9.17, 15) is 22.4 Å². The summed E-state index contributed by atoms with van der Waals surface area (Å²) in [6.45, 7) is 1.64. The van der Waals surface area contributed by atoms with E-state index < -0.39 is 21.2 Å². The van der Waals surface area contributed by atoms with E-state index in [0.29, 0.717) is 12.1 Å². The van der Waals surface area contributed by atoms with Crippen molar-refractivity contribution in [3.05, 3.63) is 30.1 Å². The summed E-state index contributed by atoms with van der Waals surface area (Å²) in [5, 5.41) is 5.34. The molecule has 0 saturated carbocycles. The topological polar surface area (TPSA) is 95.6 Å². The standard InChI is InChI=1S/C16H22FN3O4S/c1-16(7-8-25(23,24)11-16)19-15(22)10-20(2)9-14(21)18-13-5-3-12(17)4-6-13/h3-6H,7-11H2,1-2H3,(H,18,21)(H,19,22)/t16-/m1/s1. The van der Waals surface area contributed by atoms with E-state index in [1.807, 2.05) is 0 Å². The van der Waals surface area contributed by atoms with Crippen LogP contribution in [-0.4, -0.2) is 62.3 Å². The van der Waals surface area contributed by atoms with Gasteiger partial charge in [0.25, 0.3) is 0 Å². The lowest BCUT2D eigenvalue weighted by atomic mass is 10.0.